The SMILES string of the molecule is CC(C)N1CCC(C(=O)Nc2ccc3c(c2F)CCNC3)CC1.Cl.Cl. The molecule has 0 bridgehead atoms. The molecule has 0 spiro atoms. The Bertz CT molecular complexity index is 590. The van der Waals surface area contributed by atoms with Crippen molar-refractivity contribution in [2.45, 2.75) is 45.7 Å². The smallest absolute Gasteiger partial charge is 0.227 e. The highest BCUT2D eigenvalue weighted by atomic mass is 35.5. The number of piperidine rings is 1. The van der Waals surface area contributed by atoms with Crippen LogP contribution in [-0.4, -0.2) is 36.5 Å². The number of likely N-dealkylation sites (tertiary alicyclic amines) is 1. The summed E-state index contributed by atoms with van der Waals surface area (Å²) in [6.07, 6.45) is 2.37. The maximum absolute atomic E-state index is 14.6. The summed E-state index contributed by atoms with van der Waals surface area (Å²) in [5.41, 5.74) is 2.08. The number of hydrogen-bond acceptors (Lipinski definition) is 3. The van der Waals surface area contributed by atoms with Crippen molar-refractivity contribution >= 4 is 36.4 Å². The van der Waals surface area contributed by atoms with E-state index in [2.05, 4.69) is 29.4 Å². The summed E-state index contributed by atoms with van der Waals surface area (Å²) in [6, 6.07) is 4.13. The highest BCUT2D eigenvalue weighted by Crippen LogP contribution is 2.26. The number of halogens is 3. The van der Waals surface area contributed by atoms with Gasteiger partial charge in [0.25, 0.3) is 0 Å². The topological polar surface area (TPSA) is 44.4 Å². The van der Waals surface area contributed by atoms with Gasteiger partial charge in [-0.15, -0.1) is 24.8 Å². The fraction of sp³-hybridized carbons (Fsp3) is 0.611. The third kappa shape index (κ3) is 5.07. The van der Waals surface area contributed by atoms with E-state index in [0.717, 1.165) is 43.6 Å². The van der Waals surface area contributed by atoms with Crippen molar-refractivity contribution in [3.63, 3.8) is 0 Å². The van der Waals surface area contributed by atoms with Crippen molar-refractivity contribution in [3.05, 3.63) is 29.1 Å². The van der Waals surface area contributed by atoms with Gasteiger partial charge in [0.2, 0.25) is 5.91 Å². The Hall–Kier alpha value is -0.880. The summed E-state index contributed by atoms with van der Waals surface area (Å²) in [7, 11) is 0. The molecular weight excluding hydrogens is 364 g/mol. The Balaban J connectivity index is 0.00000156. The lowest BCUT2D eigenvalue weighted by Crippen LogP contribution is -2.41. The van der Waals surface area contributed by atoms with Gasteiger partial charge in [0.05, 0.1) is 5.69 Å². The molecular formula is C18H28Cl2FN3O. The maximum atomic E-state index is 14.6. The zero-order chi connectivity index (χ0) is 16.4. The minimum Gasteiger partial charge on any atom is -0.323 e. The summed E-state index contributed by atoms with van der Waals surface area (Å²) >= 11 is 0. The van der Waals surface area contributed by atoms with Crippen LogP contribution in [0.25, 0.3) is 0 Å². The molecule has 1 aromatic carbocycles. The van der Waals surface area contributed by atoms with E-state index < -0.39 is 0 Å². The first-order valence-electron chi connectivity index (χ1n) is 8.62. The van der Waals surface area contributed by atoms with E-state index in [1.807, 2.05) is 6.07 Å². The van der Waals surface area contributed by atoms with Crippen LogP contribution in [0.5, 0.6) is 0 Å². The maximum Gasteiger partial charge on any atom is 0.227 e. The molecule has 2 heterocycles. The van der Waals surface area contributed by atoms with Gasteiger partial charge in [0, 0.05) is 18.5 Å². The van der Waals surface area contributed by atoms with Crippen molar-refractivity contribution in [1.82, 2.24) is 10.2 Å². The third-order valence-corrected chi connectivity index (χ3v) is 5.10. The van der Waals surface area contributed by atoms with Gasteiger partial charge in [-0.25, -0.2) is 4.39 Å². The van der Waals surface area contributed by atoms with E-state index in [-0.39, 0.29) is 42.5 Å². The first kappa shape index (κ1) is 22.2. The summed E-state index contributed by atoms with van der Waals surface area (Å²) in [6.45, 7) is 7.72. The van der Waals surface area contributed by atoms with Gasteiger partial charge < -0.3 is 15.5 Å². The van der Waals surface area contributed by atoms with Crippen LogP contribution in [0.3, 0.4) is 0 Å². The molecule has 3 rings (SSSR count). The highest BCUT2D eigenvalue weighted by Gasteiger charge is 2.27. The van der Waals surface area contributed by atoms with E-state index in [4.69, 9.17) is 0 Å². The summed E-state index contributed by atoms with van der Waals surface area (Å²) in [4.78, 5) is 14.8. The normalized spacial score (nSPS) is 18.1. The number of amides is 1. The second-order valence-electron chi connectivity index (χ2n) is 6.88. The zero-order valence-electron chi connectivity index (χ0n) is 14.8. The number of carbonyl (C=O) groups is 1. The largest absolute Gasteiger partial charge is 0.323 e. The minimum absolute atomic E-state index is 0. The van der Waals surface area contributed by atoms with E-state index in [1.165, 1.54) is 0 Å². The average Bonchev–Trinajstić information content (AvgIpc) is 2.57. The molecule has 1 amide bonds. The number of nitrogens with one attached hydrogen (secondary N) is 2. The number of nitrogens with zero attached hydrogens (tertiary/aromatic N) is 1. The molecule has 2 aliphatic rings. The molecule has 25 heavy (non-hydrogen) atoms. The number of carbonyl (C=O) groups excluding carboxylic acids is 1. The molecule has 4 nitrogen and oxygen atoms in total. The van der Waals surface area contributed by atoms with Crippen LogP contribution in [-0.2, 0) is 17.8 Å². The van der Waals surface area contributed by atoms with Crippen LogP contribution < -0.4 is 10.6 Å². The minimum atomic E-state index is -0.253. The van der Waals surface area contributed by atoms with Crippen molar-refractivity contribution in [3.8, 4) is 0 Å². The fourth-order valence-corrected chi connectivity index (χ4v) is 3.54. The molecule has 0 radical (unpaired) electrons. The second-order valence-corrected chi connectivity index (χ2v) is 6.88. The summed E-state index contributed by atoms with van der Waals surface area (Å²) in [5.74, 6) is -0.305. The van der Waals surface area contributed by atoms with Gasteiger partial charge in [-0.3, -0.25) is 4.79 Å². The predicted molar refractivity (Wildman–Crippen MR) is 104 cm³/mol. The van der Waals surface area contributed by atoms with Crippen LogP contribution in [0, 0.1) is 11.7 Å². The standard InChI is InChI=1S/C18H26FN3O.2ClH/c1-12(2)22-9-6-13(7-10-22)18(23)21-16-4-3-14-11-20-8-5-15(14)17(16)19;;/h3-4,12-13,20H,5-11H2,1-2H3,(H,21,23);2*1H. The quantitative estimate of drug-likeness (QED) is 0.829. The van der Waals surface area contributed by atoms with Crippen LogP contribution in [0.4, 0.5) is 10.1 Å². The summed E-state index contributed by atoms with van der Waals surface area (Å²) in [5, 5.41) is 6.06. The number of fused-ring (bicyclic) bond motifs is 1. The van der Waals surface area contributed by atoms with Crippen molar-refractivity contribution < 1.29 is 9.18 Å². The first-order chi connectivity index (χ1) is 11.1. The Morgan fingerprint density at radius 3 is 2.60 bits per heavy atom. The molecule has 0 atom stereocenters. The Morgan fingerprint density at radius 1 is 1.28 bits per heavy atom. The first-order valence-corrected chi connectivity index (χ1v) is 8.62. The molecule has 0 aromatic heterocycles. The molecule has 0 unspecified atom stereocenters. The van der Waals surface area contributed by atoms with Crippen molar-refractivity contribution in [1.29, 1.82) is 0 Å². The molecule has 1 saturated heterocycles. The Kier molecular flexibility index (Phi) is 8.61. The van der Waals surface area contributed by atoms with Crippen LogP contribution in [0.2, 0.25) is 0 Å². The number of benzene rings is 1. The fourth-order valence-electron chi connectivity index (χ4n) is 3.54. The van der Waals surface area contributed by atoms with Crippen LogP contribution >= 0.6 is 24.8 Å². The third-order valence-electron chi connectivity index (χ3n) is 5.10. The van der Waals surface area contributed by atoms with Gasteiger partial charge in [-0.1, -0.05) is 6.07 Å². The number of hydrogen-bond donors (Lipinski definition) is 2. The molecule has 7 heteroatoms. The molecule has 2 aliphatic heterocycles. The van der Waals surface area contributed by atoms with Gasteiger partial charge in [0.15, 0.2) is 0 Å². The Morgan fingerprint density at radius 2 is 1.96 bits per heavy atom. The Labute approximate surface area is 161 Å². The highest BCUT2D eigenvalue weighted by molar-refractivity contribution is 5.93. The lowest BCUT2D eigenvalue weighted by Gasteiger charge is -2.34. The van der Waals surface area contributed by atoms with E-state index in [9.17, 15) is 9.18 Å². The molecule has 0 aliphatic carbocycles. The summed E-state index contributed by atoms with van der Waals surface area (Å²) < 4.78 is 14.6. The van der Waals surface area contributed by atoms with Crippen LogP contribution in [0.1, 0.15) is 37.8 Å². The average molecular weight is 392 g/mol. The second kappa shape index (κ2) is 9.72. The molecule has 2 N–H and O–H groups in total. The lowest BCUT2D eigenvalue weighted by molar-refractivity contribution is -0.121. The number of anilines is 1. The van der Waals surface area contributed by atoms with E-state index in [1.54, 1.807) is 6.07 Å². The zero-order valence-corrected chi connectivity index (χ0v) is 16.4. The van der Waals surface area contributed by atoms with Gasteiger partial charge in [-0.05, 0) is 69.9 Å². The van der Waals surface area contributed by atoms with E-state index >= 15 is 0 Å². The molecule has 0 saturated carbocycles. The number of rotatable bonds is 3. The monoisotopic (exact) mass is 391 g/mol. The van der Waals surface area contributed by atoms with Gasteiger partial charge in [0.1, 0.15) is 5.82 Å². The lowest BCUT2D eigenvalue weighted by atomic mass is 9.94. The van der Waals surface area contributed by atoms with Gasteiger partial charge in [-0.2, -0.15) is 0 Å². The molecule has 1 aromatic rings. The molecule has 142 valence electrons. The van der Waals surface area contributed by atoms with Gasteiger partial charge >= 0.3 is 0 Å². The van der Waals surface area contributed by atoms with Crippen LogP contribution in [0.15, 0.2) is 12.1 Å². The molecule has 1 fully saturated rings. The van der Waals surface area contributed by atoms with Crippen molar-refractivity contribution in [2.75, 3.05) is 25.0 Å². The van der Waals surface area contributed by atoms with Crippen molar-refractivity contribution in [2.24, 2.45) is 5.92 Å². The van der Waals surface area contributed by atoms with E-state index in [0.29, 0.717) is 24.7 Å². The predicted octanol–water partition coefficient (Wildman–Crippen LogP) is 3.37.